The number of esters is 2. The fraction of sp³-hybridized carbons (Fsp3) is 0.431. The highest BCUT2D eigenvalue weighted by Crippen LogP contribution is 2.33. The summed E-state index contributed by atoms with van der Waals surface area (Å²) in [6.45, 7) is 8.64. The van der Waals surface area contributed by atoms with Gasteiger partial charge in [-0.05, 0) is 111 Å². The van der Waals surface area contributed by atoms with E-state index < -0.39 is 11.9 Å². The number of hydrogen-bond acceptors (Lipinski definition) is 13. The number of aromatic nitrogens is 1. The summed E-state index contributed by atoms with van der Waals surface area (Å²) >= 11 is 1.54. The Morgan fingerprint density at radius 2 is 1.67 bits per heavy atom. The average molecular weight is 889 g/mol. The zero-order valence-corrected chi connectivity index (χ0v) is 38.2. The molecule has 1 aliphatic rings. The number of anilines is 1. The predicted octanol–water partition coefficient (Wildman–Crippen LogP) is 10.8. The number of carbonyl (C=O) groups is 2. The van der Waals surface area contributed by atoms with Gasteiger partial charge in [-0.25, -0.2) is 19.6 Å². The van der Waals surface area contributed by atoms with E-state index in [1.54, 1.807) is 55.8 Å². The number of carbonyl (C=O) groups excluding carboxylic acids is 2. The topological polar surface area (TPSA) is 142 Å². The van der Waals surface area contributed by atoms with Crippen LogP contribution in [0.4, 0.5) is 5.13 Å². The van der Waals surface area contributed by atoms with E-state index in [0.29, 0.717) is 59.9 Å². The molecule has 0 N–H and O–H groups in total. The summed E-state index contributed by atoms with van der Waals surface area (Å²) in [5.74, 6) is 0.341. The number of para-hydroxylation sites is 1. The molecular formula is C51H60N4O8S. The molecule has 0 saturated carbocycles. The fourth-order valence-electron chi connectivity index (χ4n) is 7.18. The van der Waals surface area contributed by atoms with Crippen LogP contribution in [0.25, 0.3) is 10.2 Å². The van der Waals surface area contributed by atoms with Gasteiger partial charge in [0.25, 0.3) is 0 Å². The second-order valence-corrected chi connectivity index (χ2v) is 17.1. The molecule has 12 nitrogen and oxygen atoms in total. The molecule has 2 heterocycles. The first-order valence-electron chi connectivity index (χ1n) is 22.4. The monoisotopic (exact) mass is 888 g/mol. The van der Waals surface area contributed by atoms with Crippen LogP contribution in [0.3, 0.4) is 0 Å². The standard InChI is InChI=1S/C51H60N4O8S/c1-4-15-38-18-20-40(21-19-38)48(56)62-31-26-39-22-24-43(32-42(39)34-53-55(28-12-8-11-27-52)50-54-44-16-9-10-17-47(44)64-50)63-49(57)41-23-25-45(46(33-41)58-3)61-30-14-7-6-13-29-59-35-51(5-2)36-60-37-51/h9-10,16-25,32-34H,4-8,11-15,26,28-31,35-37H2,1-3H3/b53-34+. The number of unbranched alkanes of at least 4 members (excludes halogenated alkanes) is 5. The van der Waals surface area contributed by atoms with E-state index in [9.17, 15) is 9.59 Å². The van der Waals surface area contributed by atoms with Gasteiger partial charge in [0.15, 0.2) is 11.5 Å². The van der Waals surface area contributed by atoms with E-state index in [0.717, 1.165) is 105 Å². The Hall–Kier alpha value is -5.81. The summed E-state index contributed by atoms with van der Waals surface area (Å²) in [6.07, 6.45) is 11.0. The minimum absolute atomic E-state index is 0.130. The molecule has 0 bridgehead atoms. The van der Waals surface area contributed by atoms with Gasteiger partial charge in [-0.2, -0.15) is 10.4 Å². The summed E-state index contributed by atoms with van der Waals surface area (Å²) in [7, 11) is 1.54. The Morgan fingerprint density at radius 1 is 0.875 bits per heavy atom. The Labute approximate surface area is 381 Å². The summed E-state index contributed by atoms with van der Waals surface area (Å²) in [5, 5.41) is 16.6. The summed E-state index contributed by atoms with van der Waals surface area (Å²) in [4.78, 5) is 31.4. The van der Waals surface area contributed by atoms with Gasteiger partial charge in [-0.1, -0.05) is 68.4 Å². The third-order valence-corrected chi connectivity index (χ3v) is 12.3. The lowest BCUT2D eigenvalue weighted by molar-refractivity contribution is -0.150. The quantitative estimate of drug-likeness (QED) is 0.0163. The van der Waals surface area contributed by atoms with Gasteiger partial charge in [0.2, 0.25) is 5.13 Å². The number of thiazole rings is 1. The van der Waals surface area contributed by atoms with Crippen molar-refractivity contribution in [3.8, 4) is 23.3 Å². The van der Waals surface area contributed by atoms with Crippen molar-refractivity contribution in [2.75, 3.05) is 58.3 Å². The number of nitriles is 1. The van der Waals surface area contributed by atoms with E-state index in [1.165, 1.54) is 16.9 Å². The number of benzene rings is 4. The molecule has 64 heavy (non-hydrogen) atoms. The molecule has 0 amide bonds. The van der Waals surface area contributed by atoms with Gasteiger partial charge in [0.1, 0.15) is 5.75 Å². The molecule has 6 rings (SSSR count). The van der Waals surface area contributed by atoms with Crippen LogP contribution in [0, 0.1) is 16.7 Å². The third kappa shape index (κ3) is 13.8. The molecule has 338 valence electrons. The molecule has 13 heteroatoms. The number of aryl methyl sites for hydroxylation is 1. The number of fused-ring (bicyclic) bond motifs is 1. The molecule has 0 atom stereocenters. The van der Waals surface area contributed by atoms with Crippen LogP contribution in [-0.4, -0.2) is 76.4 Å². The lowest BCUT2D eigenvalue weighted by atomic mass is 9.84. The van der Waals surface area contributed by atoms with Crippen LogP contribution in [0.1, 0.15) is 109 Å². The van der Waals surface area contributed by atoms with E-state index in [-0.39, 0.29) is 12.0 Å². The number of rotatable bonds is 27. The van der Waals surface area contributed by atoms with Crippen molar-refractivity contribution in [1.82, 2.24) is 4.98 Å². The van der Waals surface area contributed by atoms with Gasteiger partial charge < -0.3 is 28.4 Å². The average Bonchev–Trinajstić information content (AvgIpc) is 3.74. The predicted molar refractivity (Wildman–Crippen MR) is 251 cm³/mol. The molecule has 1 saturated heterocycles. The van der Waals surface area contributed by atoms with Gasteiger partial charge in [-0.3, -0.25) is 0 Å². The molecule has 0 radical (unpaired) electrons. The number of hydrogen-bond donors (Lipinski definition) is 0. The minimum atomic E-state index is -0.565. The van der Waals surface area contributed by atoms with Crippen molar-refractivity contribution in [1.29, 1.82) is 5.26 Å². The van der Waals surface area contributed by atoms with Gasteiger partial charge in [0.05, 0.1) is 73.8 Å². The van der Waals surface area contributed by atoms with Gasteiger partial charge >= 0.3 is 11.9 Å². The third-order valence-electron chi connectivity index (χ3n) is 11.2. The Bertz CT molecular complexity index is 2300. The molecule has 1 aliphatic heterocycles. The number of methoxy groups -OCH3 is 1. The maximum absolute atomic E-state index is 13.6. The van der Waals surface area contributed by atoms with Crippen molar-refractivity contribution in [3.63, 3.8) is 0 Å². The van der Waals surface area contributed by atoms with E-state index in [1.807, 2.05) is 47.5 Å². The highest BCUT2D eigenvalue weighted by Gasteiger charge is 2.36. The summed E-state index contributed by atoms with van der Waals surface area (Å²) < 4.78 is 35.6. The van der Waals surface area contributed by atoms with Crippen LogP contribution < -0.4 is 19.2 Å². The SMILES string of the molecule is CCCc1ccc(C(=O)OCCc2ccc(OC(=O)c3ccc(OCCCCCCOCC4(CC)COC4)c(OC)c3)cc2/C=N/N(CCCCC#N)c2nc3ccccc3s2)cc1. The van der Waals surface area contributed by atoms with Crippen molar-refractivity contribution in [3.05, 3.63) is 113 Å². The maximum Gasteiger partial charge on any atom is 0.343 e. The fourth-order valence-corrected chi connectivity index (χ4v) is 8.13. The lowest BCUT2D eigenvalue weighted by Crippen LogP contribution is -2.45. The van der Waals surface area contributed by atoms with Crippen LogP contribution >= 0.6 is 11.3 Å². The molecule has 0 spiro atoms. The second kappa shape index (κ2) is 24.9. The van der Waals surface area contributed by atoms with E-state index in [2.05, 4.69) is 19.9 Å². The number of nitrogens with zero attached hydrogens (tertiary/aromatic N) is 4. The van der Waals surface area contributed by atoms with Crippen molar-refractivity contribution < 1.29 is 38.0 Å². The van der Waals surface area contributed by atoms with Crippen molar-refractivity contribution in [2.24, 2.45) is 10.5 Å². The highest BCUT2D eigenvalue weighted by molar-refractivity contribution is 7.22. The molecule has 1 aromatic heterocycles. The first-order chi connectivity index (χ1) is 31.3. The van der Waals surface area contributed by atoms with Gasteiger partial charge in [0, 0.05) is 37.0 Å². The summed E-state index contributed by atoms with van der Waals surface area (Å²) in [5.41, 5.74) is 4.58. The molecule has 5 aromatic rings. The largest absolute Gasteiger partial charge is 0.493 e. The minimum Gasteiger partial charge on any atom is -0.493 e. The zero-order chi connectivity index (χ0) is 45.0. The van der Waals surface area contributed by atoms with E-state index >= 15 is 0 Å². The number of hydrazone groups is 1. The van der Waals surface area contributed by atoms with Crippen LogP contribution in [0.5, 0.6) is 17.2 Å². The number of ether oxygens (including phenoxy) is 6. The van der Waals surface area contributed by atoms with Crippen LogP contribution in [-0.2, 0) is 27.1 Å². The Morgan fingerprint density at radius 3 is 2.41 bits per heavy atom. The van der Waals surface area contributed by atoms with E-state index in [4.69, 9.17) is 43.8 Å². The Balaban J connectivity index is 1.10. The lowest BCUT2D eigenvalue weighted by Gasteiger charge is -2.40. The summed E-state index contributed by atoms with van der Waals surface area (Å²) in [6, 6.07) is 28.0. The second-order valence-electron chi connectivity index (χ2n) is 16.1. The Kier molecular flexibility index (Phi) is 18.5. The highest BCUT2D eigenvalue weighted by atomic mass is 32.1. The van der Waals surface area contributed by atoms with Crippen LogP contribution in [0.15, 0.2) is 90.0 Å². The maximum atomic E-state index is 13.6. The molecule has 0 aliphatic carbocycles. The first-order valence-corrected chi connectivity index (χ1v) is 23.3. The van der Waals surface area contributed by atoms with Crippen molar-refractivity contribution in [2.45, 2.75) is 84.5 Å². The molecular weight excluding hydrogens is 829 g/mol. The first kappa shape index (κ1) is 47.7. The molecule has 1 fully saturated rings. The normalized spacial score (nSPS) is 13.0. The smallest absolute Gasteiger partial charge is 0.343 e. The van der Waals surface area contributed by atoms with Crippen LogP contribution in [0.2, 0.25) is 0 Å². The van der Waals surface area contributed by atoms with Gasteiger partial charge in [-0.15, -0.1) is 0 Å². The van der Waals surface area contributed by atoms with Crippen molar-refractivity contribution >= 4 is 44.8 Å². The zero-order valence-electron chi connectivity index (χ0n) is 37.4. The molecule has 0 unspecified atom stereocenters. The molecule has 4 aromatic carbocycles.